The zero-order chi connectivity index (χ0) is 36.3. The van der Waals surface area contributed by atoms with E-state index in [0.29, 0.717) is 24.3 Å². The predicted molar refractivity (Wildman–Crippen MR) is 195 cm³/mol. The van der Waals surface area contributed by atoms with Crippen molar-refractivity contribution in [2.45, 2.75) is 25.8 Å². The molecule has 5 aromatic rings. The van der Waals surface area contributed by atoms with E-state index in [1.165, 1.54) is 0 Å². The largest absolute Gasteiger partial charge is 0.368 e. The lowest BCUT2D eigenvalue weighted by atomic mass is 10.0. The first-order chi connectivity index (χ1) is 25.1. The Kier molecular flexibility index (Phi) is 8.05. The van der Waals surface area contributed by atoms with Gasteiger partial charge in [0.15, 0.2) is 5.65 Å². The van der Waals surface area contributed by atoms with Gasteiger partial charge in [-0.25, -0.2) is 9.97 Å². The van der Waals surface area contributed by atoms with Gasteiger partial charge >= 0.3 is 0 Å². The van der Waals surface area contributed by atoms with Gasteiger partial charge in [0.05, 0.1) is 23.0 Å². The number of piperidine rings is 1. The van der Waals surface area contributed by atoms with Crippen LogP contribution < -0.4 is 15.1 Å². The molecule has 0 aliphatic carbocycles. The Morgan fingerprint density at radius 2 is 1.48 bits per heavy atom. The highest BCUT2D eigenvalue weighted by atomic mass is 16.2. The number of fused-ring (bicyclic) bond motifs is 2. The second-order valence-corrected chi connectivity index (χ2v) is 13.6. The van der Waals surface area contributed by atoms with Crippen molar-refractivity contribution >= 4 is 52.1 Å². The van der Waals surface area contributed by atoms with Gasteiger partial charge in [-0.15, -0.1) is 0 Å². The first kappa shape index (κ1) is 32.8. The fourth-order valence-electron chi connectivity index (χ4n) is 7.28. The summed E-state index contributed by atoms with van der Waals surface area (Å²) in [6.07, 6.45) is 3.87. The number of nitrogens with zero attached hydrogens (tertiary/aromatic N) is 6. The maximum atomic E-state index is 13.3. The fourth-order valence-corrected chi connectivity index (χ4v) is 7.28. The second kappa shape index (κ2) is 12.7. The van der Waals surface area contributed by atoms with Crippen LogP contribution in [0.3, 0.4) is 0 Å². The number of anilines is 2. The summed E-state index contributed by atoms with van der Waals surface area (Å²) in [5, 5.41) is 2.23. The number of imide groups is 2. The molecule has 8 rings (SSSR count). The van der Waals surface area contributed by atoms with E-state index in [0.717, 1.165) is 62.8 Å². The number of aromatic nitrogens is 3. The van der Waals surface area contributed by atoms with Gasteiger partial charge in [0, 0.05) is 81.0 Å². The van der Waals surface area contributed by atoms with Crippen molar-refractivity contribution < 1.29 is 24.0 Å². The van der Waals surface area contributed by atoms with E-state index in [9.17, 15) is 24.0 Å². The zero-order valence-corrected chi connectivity index (χ0v) is 29.0. The molecular weight excluding hydrogens is 660 g/mol. The number of carbonyl (C=O) groups is 5. The summed E-state index contributed by atoms with van der Waals surface area (Å²) < 4.78 is 0. The predicted octanol–water partition coefficient (Wildman–Crippen LogP) is 4.03. The lowest BCUT2D eigenvalue weighted by Gasteiger charge is -2.37. The van der Waals surface area contributed by atoms with Gasteiger partial charge in [-0.2, -0.15) is 0 Å². The highest BCUT2D eigenvalue weighted by molar-refractivity contribution is 6.23. The molecule has 0 radical (unpaired) electrons. The molecule has 5 amide bonds. The van der Waals surface area contributed by atoms with Crippen molar-refractivity contribution in [3.8, 4) is 22.4 Å². The lowest BCUT2D eigenvalue weighted by molar-refractivity contribution is -0.136. The Labute approximate surface area is 299 Å². The van der Waals surface area contributed by atoms with Crippen LogP contribution in [0.25, 0.3) is 33.5 Å². The van der Waals surface area contributed by atoms with Gasteiger partial charge in [-0.1, -0.05) is 24.3 Å². The Balaban J connectivity index is 0.943. The van der Waals surface area contributed by atoms with E-state index >= 15 is 0 Å². The van der Waals surface area contributed by atoms with Gasteiger partial charge < -0.3 is 19.7 Å². The fraction of sp³-hybridized carbons (Fsp3) is 0.256. The summed E-state index contributed by atoms with van der Waals surface area (Å²) in [6.45, 7) is 4.86. The molecular formula is C39H36N8O5. The van der Waals surface area contributed by atoms with Crippen molar-refractivity contribution in [1.82, 2.24) is 30.1 Å². The highest BCUT2D eigenvalue weighted by Crippen LogP contribution is 2.33. The van der Waals surface area contributed by atoms with Gasteiger partial charge in [-0.05, 0) is 60.9 Å². The Bertz CT molecular complexity index is 2310. The molecule has 0 bridgehead atoms. The standard InChI is InChI=1S/C39H36N8O5/c1-22-18-24(6-10-27(22)37(50)44(2)3)30-20-40-35-34(30)42-31(21-41-35)23-4-7-25(8-5-23)45-14-16-46(17-15-45)26-9-11-28-29(19-26)39(52)47(38(28)51)32-12-13-33(48)43-36(32)49/h4-11,18-21,32H,12-17H2,1-3H3,(H,40,41)(H,43,48,49). The average Bonchev–Trinajstić information content (AvgIpc) is 3.68. The molecule has 52 heavy (non-hydrogen) atoms. The summed E-state index contributed by atoms with van der Waals surface area (Å²) in [4.78, 5) is 82.9. The molecule has 1 unspecified atom stereocenters. The Hall–Kier alpha value is -6.37. The number of H-pyrrole nitrogens is 1. The van der Waals surface area contributed by atoms with Crippen molar-refractivity contribution in [2.75, 3.05) is 50.1 Å². The summed E-state index contributed by atoms with van der Waals surface area (Å²) in [5.74, 6) is -2.07. The van der Waals surface area contributed by atoms with Gasteiger partial charge in [0.2, 0.25) is 11.8 Å². The van der Waals surface area contributed by atoms with Gasteiger partial charge in [-0.3, -0.25) is 34.2 Å². The minimum atomic E-state index is -0.987. The summed E-state index contributed by atoms with van der Waals surface area (Å²) >= 11 is 0. The number of nitrogens with one attached hydrogen (secondary N) is 2. The molecule has 3 aromatic carbocycles. The first-order valence-corrected chi connectivity index (χ1v) is 17.2. The van der Waals surface area contributed by atoms with Crippen LogP contribution in [0.5, 0.6) is 0 Å². The molecule has 5 heterocycles. The molecule has 2 N–H and O–H groups in total. The van der Waals surface area contributed by atoms with E-state index in [4.69, 9.17) is 4.98 Å². The molecule has 2 fully saturated rings. The molecule has 0 spiro atoms. The van der Waals surface area contributed by atoms with Crippen molar-refractivity contribution in [3.63, 3.8) is 0 Å². The molecule has 1 atom stereocenters. The van der Waals surface area contributed by atoms with Gasteiger partial charge in [0.25, 0.3) is 17.7 Å². The quantitative estimate of drug-likeness (QED) is 0.251. The van der Waals surface area contributed by atoms with E-state index in [2.05, 4.69) is 37.2 Å². The maximum Gasteiger partial charge on any atom is 0.262 e. The monoisotopic (exact) mass is 696 g/mol. The zero-order valence-electron chi connectivity index (χ0n) is 29.0. The Morgan fingerprint density at radius 3 is 2.17 bits per heavy atom. The van der Waals surface area contributed by atoms with E-state index < -0.39 is 29.7 Å². The Morgan fingerprint density at radius 1 is 0.808 bits per heavy atom. The number of carbonyl (C=O) groups excluding carboxylic acids is 5. The second-order valence-electron chi connectivity index (χ2n) is 13.6. The van der Waals surface area contributed by atoms with Crippen molar-refractivity contribution in [2.24, 2.45) is 0 Å². The molecule has 2 aromatic heterocycles. The number of aryl methyl sites for hydroxylation is 1. The first-order valence-electron chi connectivity index (χ1n) is 17.2. The molecule has 13 heteroatoms. The third-order valence-corrected chi connectivity index (χ3v) is 10.2. The average molecular weight is 697 g/mol. The molecule has 13 nitrogen and oxygen atoms in total. The minimum Gasteiger partial charge on any atom is -0.368 e. The highest BCUT2D eigenvalue weighted by Gasteiger charge is 2.44. The smallest absolute Gasteiger partial charge is 0.262 e. The van der Waals surface area contributed by atoms with Crippen LogP contribution in [-0.2, 0) is 9.59 Å². The summed E-state index contributed by atoms with van der Waals surface area (Å²) in [5.41, 5.74) is 9.03. The molecule has 3 aliphatic heterocycles. The normalized spacial score (nSPS) is 17.5. The summed E-state index contributed by atoms with van der Waals surface area (Å²) in [7, 11) is 3.49. The van der Waals surface area contributed by atoms with Crippen LogP contribution in [0.1, 0.15) is 49.5 Å². The summed E-state index contributed by atoms with van der Waals surface area (Å²) in [6, 6.07) is 18.3. The van der Waals surface area contributed by atoms with Gasteiger partial charge in [0.1, 0.15) is 11.6 Å². The number of benzene rings is 3. The van der Waals surface area contributed by atoms with Crippen LogP contribution >= 0.6 is 0 Å². The number of aromatic amines is 1. The number of hydrogen-bond donors (Lipinski definition) is 2. The number of piperazine rings is 1. The molecule has 262 valence electrons. The number of hydrogen-bond acceptors (Lipinski definition) is 9. The van der Waals surface area contributed by atoms with Crippen LogP contribution in [-0.4, -0.2) is 101 Å². The third-order valence-electron chi connectivity index (χ3n) is 10.2. The van der Waals surface area contributed by atoms with Crippen LogP contribution in [0, 0.1) is 6.92 Å². The molecule has 0 saturated carbocycles. The topological polar surface area (TPSA) is 152 Å². The van der Waals surface area contributed by atoms with Crippen LogP contribution in [0.4, 0.5) is 11.4 Å². The number of amides is 5. The van der Waals surface area contributed by atoms with E-state index in [1.807, 2.05) is 49.5 Å². The van der Waals surface area contributed by atoms with Crippen molar-refractivity contribution in [3.05, 3.63) is 95.3 Å². The van der Waals surface area contributed by atoms with E-state index in [1.54, 1.807) is 37.3 Å². The SMILES string of the molecule is Cc1cc(-c2c[nH]c3ncc(-c4ccc(N5CCN(c6ccc7c(c6)C(=O)N(C6CCC(=O)NC6=O)C7=O)CC5)cc4)nc23)ccc1C(=O)N(C)C. The third kappa shape index (κ3) is 5.63. The molecule has 2 saturated heterocycles. The van der Waals surface area contributed by atoms with Crippen molar-refractivity contribution in [1.29, 1.82) is 0 Å². The van der Waals surface area contributed by atoms with Crippen LogP contribution in [0.15, 0.2) is 73.1 Å². The molecule has 3 aliphatic rings. The lowest BCUT2D eigenvalue weighted by Crippen LogP contribution is -2.54. The van der Waals surface area contributed by atoms with Crippen LogP contribution in [0.2, 0.25) is 0 Å². The number of rotatable bonds is 6. The minimum absolute atomic E-state index is 0.0347. The van der Waals surface area contributed by atoms with E-state index in [-0.39, 0.29) is 29.9 Å². The maximum absolute atomic E-state index is 13.3.